The molecule has 49 heavy (non-hydrogen) atoms. The fourth-order valence-electron chi connectivity index (χ4n) is 5.78. The number of anilines is 6. The van der Waals surface area contributed by atoms with Crippen LogP contribution in [0.25, 0.3) is 22.9 Å². The van der Waals surface area contributed by atoms with Gasteiger partial charge in [0.25, 0.3) is 0 Å². The molecule has 7 heteroatoms. The Morgan fingerprint density at radius 3 is 1.16 bits per heavy atom. The van der Waals surface area contributed by atoms with Gasteiger partial charge < -0.3 is 23.7 Å². The first-order valence-electron chi connectivity index (χ1n) is 16.4. The van der Waals surface area contributed by atoms with Crippen molar-refractivity contribution >= 4 is 34.1 Å². The smallest absolute Gasteiger partial charge is 0.248 e. The summed E-state index contributed by atoms with van der Waals surface area (Å²) >= 11 is 0. The summed E-state index contributed by atoms with van der Waals surface area (Å²) in [6.07, 6.45) is 0. The van der Waals surface area contributed by atoms with Gasteiger partial charge in [0.15, 0.2) is 0 Å². The number of para-hydroxylation sites is 3. The number of hydrogen-bond acceptors (Lipinski definition) is 7. The van der Waals surface area contributed by atoms with E-state index in [1.807, 2.05) is 62.4 Å². The average molecular weight is 645 g/mol. The summed E-state index contributed by atoms with van der Waals surface area (Å²) in [5, 5.41) is 8.71. The molecule has 0 bridgehead atoms. The molecule has 0 amide bonds. The standard InChI is InChI=1S/C42H36N4O3/c1-3-47-39-28-32(29-40(30-39)48-4-2)42-44-43-41(49-42)31-20-22-36(23-21-31)46(35-18-12-7-13-19-35)38-26-24-37(25-27-38)45(33-14-8-5-9-15-33)34-16-10-6-11-17-34/h5-30H,3-4H2,1-2H3. The molecule has 0 saturated carbocycles. The van der Waals surface area contributed by atoms with Gasteiger partial charge in [-0.15, -0.1) is 10.2 Å². The van der Waals surface area contributed by atoms with Crippen LogP contribution in [0.3, 0.4) is 0 Å². The van der Waals surface area contributed by atoms with Gasteiger partial charge in [0, 0.05) is 51.3 Å². The SMILES string of the molecule is CCOc1cc(OCC)cc(-c2nnc(-c3ccc(N(c4ccccc4)c4ccc(N(c5ccccc5)c5ccccc5)cc4)cc3)o2)c1. The minimum Gasteiger partial charge on any atom is -0.494 e. The van der Waals surface area contributed by atoms with Crippen LogP contribution in [0.2, 0.25) is 0 Å². The maximum atomic E-state index is 6.15. The summed E-state index contributed by atoms with van der Waals surface area (Å²) < 4.78 is 17.6. The highest BCUT2D eigenvalue weighted by molar-refractivity contribution is 5.81. The topological polar surface area (TPSA) is 63.9 Å². The lowest BCUT2D eigenvalue weighted by Crippen LogP contribution is -2.12. The van der Waals surface area contributed by atoms with Crippen LogP contribution in [0.15, 0.2) is 162 Å². The first-order chi connectivity index (χ1) is 24.2. The third-order valence-electron chi connectivity index (χ3n) is 7.96. The van der Waals surface area contributed by atoms with Crippen LogP contribution in [-0.4, -0.2) is 23.4 Å². The molecule has 0 spiro atoms. The van der Waals surface area contributed by atoms with Crippen molar-refractivity contribution in [3.05, 3.63) is 158 Å². The number of nitrogens with zero attached hydrogens (tertiary/aromatic N) is 4. The van der Waals surface area contributed by atoms with Gasteiger partial charge in [-0.25, -0.2) is 0 Å². The number of aromatic nitrogens is 2. The van der Waals surface area contributed by atoms with E-state index in [9.17, 15) is 0 Å². The van der Waals surface area contributed by atoms with E-state index < -0.39 is 0 Å². The molecule has 0 aliphatic heterocycles. The number of rotatable bonds is 12. The molecule has 0 aliphatic rings. The minimum atomic E-state index is 0.396. The van der Waals surface area contributed by atoms with Crippen molar-refractivity contribution in [1.82, 2.24) is 10.2 Å². The second-order valence-corrected chi connectivity index (χ2v) is 11.2. The van der Waals surface area contributed by atoms with Gasteiger partial charge in [-0.05, 0) is 111 Å². The maximum Gasteiger partial charge on any atom is 0.248 e. The van der Waals surface area contributed by atoms with Crippen molar-refractivity contribution in [3.8, 4) is 34.4 Å². The molecular formula is C42H36N4O3. The van der Waals surface area contributed by atoms with Crippen molar-refractivity contribution in [3.63, 3.8) is 0 Å². The van der Waals surface area contributed by atoms with Crippen LogP contribution in [-0.2, 0) is 0 Å². The van der Waals surface area contributed by atoms with E-state index in [-0.39, 0.29) is 0 Å². The largest absolute Gasteiger partial charge is 0.494 e. The van der Waals surface area contributed by atoms with Crippen LogP contribution < -0.4 is 19.3 Å². The quantitative estimate of drug-likeness (QED) is 0.131. The third kappa shape index (κ3) is 7.01. The lowest BCUT2D eigenvalue weighted by Gasteiger charge is -2.28. The van der Waals surface area contributed by atoms with Crippen molar-refractivity contribution in [1.29, 1.82) is 0 Å². The predicted molar refractivity (Wildman–Crippen MR) is 197 cm³/mol. The highest BCUT2D eigenvalue weighted by Gasteiger charge is 2.17. The van der Waals surface area contributed by atoms with Crippen LogP contribution >= 0.6 is 0 Å². The van der Waals surface area contributed by atoms with Gasteiger partial charge in [0.05, 0.1) is 13.2 Å². The minimum absolute atomic E-state index is 0.396. The maximum absolute atomic E-state index is 6.15. The van der Waals surface area contributed by atoms with E-state index >= 15 is 0 Å². The van der Waals surface area contributed by atoms with Crippen LogP contribution in [0, 0.1) is 0 Å². The number of ether oxygens (including phenoxy) is 2. The fourth-order valence-corrected chi connectivity index (χ4v) is 5.78. The molecule has 0 atom stereocenters. The number of hydrogen-bond donors (Lipinski definition) is 0. The summed E-state index contributed by atoms with van der Waals surface area (Å²) in [4.78, 5) is 4.49. The first kappa shape index (κ1) is 31.3. The Hall–Kier alpha value is -6.34. The predicted octanol–water partition coefficient (Wildman–Crippen LogP) is 11.1. The molecule has 7 rings (SSSR count). The molecule has 1 heterocycles. The zero-order valence-electron chi connectivity index (χ0n) is 27.4. The van der Waals surface area contributed by atoms with E-state index in [0.29, 0.717) is 36.5 Å². The lowest BCUT2D eigenvalue weighted by molar-refractivity contribution is 0.323. The molecule has 0 radical (unpaired) electrons. The Morgan fingerprint density at radius 2 is 0.776 bits per heavy atom. The second-order valence-electron chi connectivity index (χ2n) is 11.2. The first-order valence-corrected chi connectivity index (χ1v) is 16.4. The molecule has 7 aromatic rings. The summed E-state index contributed by atoms with van der Waals surface area (Å²) in [6, 6.07) is 53.6. The number of benzene rings is 6. The Labute approximate surface area is 286 Å². The fraction of sp³-hybridized carbons (Fsp3) is 0.0952. The van der Waals surface area contributed by atoms with Crippen molar-refractivity contribution in [2.75, 3.05) is 23.0 Å². The Morgan fingerprint density at radius 1 is 0.429 bits per heavy atom. The summed E-state index contributed by atoms with van der Waals surface area (Å²) in [6.45, 7) is 4.97. The zero-order valence-corrected chi connectivity index (χ0v) is 27.4. The molecule has 6 aromatic carbocycles. The Bertz CT molecular complexity index is 2020. The van der Waals surface area contributed by atoms with E-state index in [1.54, 1.807) is 0 Å². The normalized spacial score (nSPS) is 10.8. The molecule has 0 unspecified atom stereocenters. The molecule has 0 fully saturated rings. The van der Waals surface area contributed by atoms with Crippen LogP contribution in [0.5, 0.6) is 11.5 Å². The van der Waals surface area contributed by atoms with Gasteiger partial charge >= 0.3 is 0 Å². The van der Waals surface area contributed by atoms with Crippen LogP contribution in [0.1, 0.15) is 13.8 Å². The van der Waals surface area contributed by atoms with Crippen molar-refractivity contribution in [2.24, 2.45) is 0 Å². The van der Waals surface area contributed by atoms with Gasteiger partial charge in [0.1, 0.15) is 11.5 Å². The molecule has 242 valence electrons. The average Bonchev–Trinajstić information content (AvgIpc) is 3.65. The highest BCUT2D eigenvalue weighted by atomic mass is 16.5. The van der Waals surface area contributed by atoms with Crippen molar-refractivity contribution in [2.45, 2.75) is 13.8 Å². The van der Waals surface area contributed by atoms with E-state index in [0.717, 1.165) is 45.3 Å². The van der Waals surface area contributed by atoms with Gasteiger partial charge in [-0.1, -0.05) is 54.6 Å². The molecule has 0 aliphatic carbocycles. The summed E-state index contributed by atoms with van der Waals surface area (Å²) in [5.41, 5.74) is 7.89. The molecule has 0 saturated heterocycles. The van der Waals surface area contributed by atoms with Gasteiger partial charge in [-0.3, -0.25) is 0 Å². The monoisotopic (exact) mass is 644 g/mol. The second kappa shape index (κ2) is 14.6. The van der Waals surface area contributed by atoms with Crippen LogP contribution in [0.4, 0.5) is 34.1 Å². The highest BCUT2D eigenvalue weighted by Crippen LogP contribution is 2.39. The van der Waals surface area contributed by atoms with Gasteiger partial charge in [-0.2, -0.15) is 0 Å². The Balaban J connectivity index is 1.19. The molecule has 0 N–H and O–H groups in total. The van der Waals surface area contributed by atoms with E-state index in [2.05, 4.69) is 129 Å². The third-order valence-corrected chi connectivity index (χ3v) is 7.96. The van der Waals surface area contributed by atoms with Crippen molar-refractivity contribution < 1.29 is 13.9 Å². The zero-order chi connectivity index (χ0) is 33.4. The lowest BCUT2D eigenvalue weighted by atomic mass is 10.1. The summed E-state index contributed by atoms with van der Waals surface area (Å²) in [5.74, 6) is 2.20. The van der Waals surface area contributed by atoms with Gasteiger partial charge in [0.2, 0.25) is 11.8 Å². The summed E-state index contributed by atoms with van der Waals surface area (Å²) in [7, 11) is 0. The van der Waals surface area contributed by atoms with E-state index in [4.69, 9.17) is 13.9 Å². The Kier molecular flexibility index (Phi) is 9.32. The molecule has 1 aromatic heterocycles. The van der Waals surface area contributed by atoms with E-state index in [1.165, 1.54) is 0 Å². The molecule has 7 nitrogen and oxygen atoms in total. The molecular weight excluding hydrogens is 608 g/mol.